The number of aryl methyl sites for hydroxylation is 1. The van der Waals surface area contributed by atoms with Gasteiger partial charge in [-0.05, 0) is 23.9 Å². The number of nitrogens with zero attached hydrogens (tertiary/aromatic N) is 2. The van der Waals surface area contributed by atoms with Gasteiger partial charge in [0.25, 0.3) is 0 Å². The summed E-state index contributed by atoms with van der Waals surface area (Å²) >= 11 is 3.08. The Morgan fingerprint density at radius 3 is 3.00 bits per heavy atom. The highest BCUT2D eigenvalue weighted by Gasteiger charge is 2.13. The second-order valence-electron chi connectivity index (χ2n) is 3.86. The molecule has 0 spiro atoms. The maximum absolute atomic E-state index is 12.1. The summed E-state index contributed by atoms with van der Waals surface area (Å²) < 4.78 is 1.95. The van der Waals surface area contributed by atoms with E-state index < -0.39 is 0 Å². The van der Waals surface area contributed by atoms with Gasteiger partial charge in [-0.1, -0.05) is 0 Å². The zero-order valence-electron chi connectivity index (χ0n) is 9.21. The summed E-state index contributed by atoms with van der Waals surface area (Å²) in [6.45, 7) is 1.97. The van der Waals surface area contributed by atoms with E-state index in [2.05, 4.69) is 4.98 Å². The third-order valence-corrected chi connectivity index (χ3v) is 4.43. The molecule has 0 amide bonds. The summed E-state index contributed by atoms with van der Waals surface area (Å²) in [6.07, 6.45) is 4.26. The molecule has 3 rings (SSSR count). The summed E-state index contributed by atoms with van der Waals surface area (Å²) in [7, 11) is 0. The molecule has 0 aliphatic carbocycles. The van der Waals surface area contributed by atoms with Crippen LogP contribution >= 0.6 is 22.7 Å². The lowest BCUT2D eigenvalue weighted by Crippen LogP contribution is -2.02. The van der Waals surface area contributed by atoms with E-state index >= 15 is 0 Å². The van der Waals surface area contributed by atoms with E-state index in [1.165, 1.54) is 11.3 Å². The number of imidazole rings is 1. The second-order valence-corrected chi connectivity index (χ2v) is 5.65. The molecule has 3 nitrogen and oxygen atoms in total. The molecule has 5 heteroatoms. The molecule has 0 aromatic carbocycles. The molecule has 0 atom stereocenters. The monoisotopic (exact) mass is 262 g/mol. The molecule has 0 saturated heterocycles. The minimum atomic E-state index is 0.156. The predicted octanol–water partition coefficient (Wildman–Crippen LogP) is 3.19. The molecular formula is C12H10N2OS2. The van der Waals surface area contributed by atoms with Crippen molar-refractivity contribution in [2.45, 2.75) is 13.3 Å². The number of rotatable bonds is 3. The third-order valence-electron chi connectivity index (χ3n) is 2.60. The first-order valence-electron chi connectivity index (χ1n) is 5.22. The Bertz CT molecular complexity index is 649. The first-order valence-corrected chi connectivity index (χ1v) is 6.98. The summed E-state index contributed by atoms with van der Waals surface area (Å²) in [5, 5.41) is 3.94. The summed E-state index contributed by atoms with van der Waals surface area (Å²) in [6, 6.07) is 1.98. The van der Waals surface area contributed by atoms with Crippen LogP contribution < -0.4 is 0 Å². The molecule has 3 heterocycles. The maximum atomic E-state index is 12.1. The molecule has 0 radical (unpaired) electrons. The molecule has 0 N–H and O–H groups in total. The van der Waals surface area contributed by atoms with Crippen molar-refractivity contribution in [2.75, 3.05) is 0 Å². The highest BCUT2D eigenvalue weighted by Crippen LogP contribution is 2.19. The van der Waals surface area contributed by atoms with Crippen LogP contribution in [0.2, 0.25) is 0 Å². The minimum Gasteiger partial charge on any atom is -0.297 e. The smallest absolute Gasteiger partial charge is 0.193 e. The van der Waals surface area contributed by atoms with E-state index in [-0.39, 0.29) is 5.78 Å². The molecule has 86 valence electrons. The quantitative estimate of drug-likeness (QED) is 0.679. The van der Waals surface area contributed by atoms with E-state index in [1.807, 2.05) is 40.5 Å². The first kappa shape index (κ1) is 10.7. The number of ketones is 1. The van der Waals surface area contributed by atoms with Crippen molar-refractivity contribution in [2.24, 2.45) is 0 Å². The van der Waals surface area contributed by atoms with Gasteiger partial charge in [-0.3, -0.25) is 9.20 Å². The molecule has 3 aromatic heterocycles. The maximum Gasteiger partial charge on any atom is 0.193 e. The standard InChI is InChI=1S/C12H10N2OS2/c1-8-2-4-16-11(8)10(15)6-9-7-14-3-5-17-12(14)13-9/h2-5,7H,6H2,1H3. The third kappa shape index (κ3) is 1.92. The zero-order chi connectivity index (χ0) is 11.8. The summed E-state index contributed by atoms with van der Waals surface area (Å²) in [5.74, 6) is 0.156. The van der Waals surface area contributed by atoms with Gasteiger partial charge >= 0.3 is 0 Å². The van der Waals surface area contributed by atoms with Gasteiger partial charge in [0.05, 0.1) is 17.0 Å². The number of carbonyl (C=O) groups excluding carboxylic acids is 1. The van der Waals surface area contributed by atoms with Gasteiger partial charge in [-0.2, -0.15) is 0 Å². The van der Waals surface area contributed by atoms with Crippen molar-refractivity contribution >= 4 is 33.4 Å². The Balaban J connectivity index is 1.86. The van der Waals surface area contributed by atoms with E-state index in [1.54, 1.807) is 11.3 Å². The van der Waals surface area contributed by atoms with Crippen LogP contribution in [0.25, 0.3) is 4.96 Å². The van der Waals surface area contributed by atoms with Crippen LogP contribution in [-0.4, -0.2) is 15.2 Å². The lowest BCUT2D eigenvalue weighted by Gasteiger charge is -1.96. The molecule has 17 heavy (non-hydrogen) atoms. The first-order chi connectivity index (χ1) is 8.24. The van der Waals surface area contributed by atoms with Crippen molar-refractivity contribution in [3.63, 3.8) is 0 Å². The van der Waals surface area contributed by atoms with Gasteiger partial charge in [0, 0.05) is 17.8 Å². The van der Waals surface area contributed by atoms with Crippen LogP contribution in [0.4, 0.5) is 0 Å². The van der Waals surface area contributed by atoms with Crippen LogP contribution in [0.3, 0.4) is 0 Å². The summed E-state index contributed by atoms with van der Waals surface area (Å²) in [4.78, 5) is 18.3. The highest BCUT2D eigenvalue weighted by atomic mass is 32.1. The Morgan fingerprint density at radius 1 is 1.41 bits per heavy atom. The topological polar surface area (TPSA) is 34.4 Å². The van der Waals surface area contributed by atoms with Gasteiger partial charge in [0.15, 0.2) is 10.7 Å². The van der Waals surface area contributed by atoms with Crippen LogP contribution in [-0.2, 0) is 6.42 Å². The second kappa shape index (κ2) is 4.09. The van der Waals surface area contributed by atoms with Gasteiger partial charge in [-0.25, -0.2) is 4.98 Å². The number of thiophene rings is 1. The van der Waals surface area contributed by atoms with Gasteiger partial charge in [0.2, 0.25) is 0 Å². The fraction of sp³-hybridized carbons (Fsp3) is 0.167. The molecule has 0 aliphatic rings. The lowest BCUT2D eigenvalue weighted by molar-refractivity contribution is 0.0995. The number of aromatic nitrogens is 2. The van der Waals surface area contributed by atoms with Crippen LogP contribution in [0.5, 0.6) is 0 Å². The number of thiazole rings is 1. The minimum absolute atomic E-state index is 0.156. The fourth-order valence-corrected chi connectivity index (χ4v) is 3.35. The molecule has 0 aliphatic heterocycles. The molecule has 0 fully saturated rings. The summed E-state index contributed by atoms with van der Waals surface area (Å²) in [5.41, 5.74) is 1.90. The largest absolute Gasteiger partial charge is 0.297 e. The Hall–Kier alpha value is -1.46. The Morgan fingerprint density at radius 2 is 2.29 bits per heavy atom. The molecule has 0 bridgehead atoms. The average Bonchev–Trinajstić information content (AvgIpc) is 2.92. The molecule has 3 aromatic rings. The van der Waals surface area contributed by atoms with E-state index in [0.29, 0.717) is 6.42 Å². The van der Waals surface area contributed by atoms with Crippen LogP contribution in [0.15, 0.2) is 29.2 Å². The number of hydrogen-bond donors (Lipinski definition) is 0. The Labute approximate surface area is 106 Å². The van der Waals surface area contributed by atoms with E-state index in [9.17, 15) is 4.79 Å². The van der Waals surface area contributed by atoms with Crippen molar-refractivity contribution in [3.8, 4) is 0 Å². The van der Waals surface area contributed by atoms with Crippen molar-refractivity contribution < 1.29 is 4.79 Å². The van der Waals surface area contributed by atoms with Crippen molar-refractivity contribution in [3.05, 3.63) is 45.4 Å². The van der Waals surface area contributed by atoms with Crippen molar-refractivity contribution in [1.82, 2.24) is 9.38 Å². The zero-order valence-corrected chi connectivity index (χ0v) is 10.8. The van der Waals surface area contributed by atoms with E-state index in [4.69, 9.17) is 0 Å². The number of Topliss-reactive ketones (excluding diaryl/α,β-unsaturated/α-hetero) is 1. The number of fused-ring (bicyclic) bond motifs is 1. The lowest BCUT2D eigenvalue weighted by atomic mass is 10.1. The van der Waals surface area contributed by atoms with Crippen LogP contribution in [0, 0.1) is 6.92 Å². The number of hydrogen-bond acceptors (Lipinski definition) is 4. The number of carbonyl (C=O) groups is 1. The fourth-order valence-electron chi connectivity index (χ4n) is 1.76. The molecule has 0 saturated carbocycles. The normalized spacial score (nSPS) is 11.1. The predicted molar refractivity (Wildman–Crippen MR) is 70.2 cm³/mol. The van der Waals surface area contributed by atoms with Gasteiger partial charge in [-0.15, -0.1) is 22.7 Å². The van der Waals surface area contributed by atoms with Gasteiger partial charge < -0.3 is 0 Å². The average molecular weight is 262 g/mol. The van der Waals surface area contributed by atoms with Gasteiger partial charge in [0.1, 0.15) is 0 Å². The van der Waals surface area contributed by atoms with Crippen LogP contribution in [0.1, 0.15) is 20.9 Å². The van der Waals surface area contributed by atoms with E-state index in [0.717, 1.165) is 21.1 Å². The van der Waals surface area contributed by atoms with Crippen molar-refractivity contribution in [1.29, 1.82) is 0 Å². The molecular weight excluding hydrogens is 252 g/mol. The Kier molecular flexibility index (Phi) is 2.57. The SMILES string of the molecule is Cc1ccsc1C(=O)Cc1cn2ccsc2n1. The highest BCUT2D eigenvalue weighted by molar-refractivity contribution is 7.15. The molecule has 0 unspecified atom stereocenters.